The van der Waals surface area contributed by atoms with Gasteiger partial charge in [-0.25, -0.2) is 0 Å². The molecule has 1 aliphatic heterocycles. The topological polar surface area (TPSA) is 0 Å². The predicted molar refractivity (Wildman–Crippen MR) is 50.6 cm³/mol. The van der Waals surface area contributed by atoms with Crippen molar-refractivity contribution >= 4 is 78.4 Å². The van der Waals surface area contributed by atoms with Crippen molar-refractivity contribution in [2.75, 3.05) is 0 Å². The van der Waals surface area contributed by atoms with Gasteiger partial charge in [0.2, 0.25) is 0 Å². The van der Waals surface area contributed by atoms with Crippen LogP contribution in [0, 0.1) is 2.25 Å². The molecular weight excluding hydrogens is 408 g/mol. The van der Waals surface area contributed by atoms with Gasteiger partial charge >= 0.3 is 91.3 Å². The molecule has 0 bridgehead atoms. The van der Waals surface area contributed by atoms with Crippen molar-refractivity contribution < 1.29 is 0 Å². The summed E-state index contributed by atoms with van der Waals surface area (Å²) < 4.78 is 5.26. The van der Waals surface area contributed by atoms with Crippen molar-refractivity contribution in [1.82, 2.24) is 0 Å². The predicted octanol–water partition coefficient (Wildman–Crippen LogP) is -0.985. The zero-order valence-corrected chi connectivity index (χ0v) is 12.6. The van der Waals surface area contributed by atoms with Crippen molar-refractivity contribution in [3.8, 4) is 0 Å². The Morgan fingerprint density at radius 3 is 2.90 bits per heavy atom. The minimum absolute atomic E-state index is 0.766. The van der Waals surface area contributed by atoms with E-state index in [0.29, 0.717) is 0 Å². The van der Waals surface area contributed by atoms with Crippen molar-refractivity contribution in [1.29, 1.82) is 0 Å². The van der Waals surface area contributed by atoms with E-state index in [1.165, 1.54) is 10.6 Å². The monoisotopic (exact) mass is 416 g/mol. The molecular formula is C5H4SSe4. The molecule has 5 heteroatoms. The van der Waals surface area contributed by atoms with Crippen molar-refractivity contribution in [3.63, 3.8) is 0 Å². The first kappa shape index (κ1) is 8.50. The van der Waals surface area contributed by atoms with E-state index in [-0.39, 0.29) is 0 Å². The van der Waals surface area contributed by atoms with E-state index >= 15 is 0 Å². The van der Waals surface area contributed by atoms with Gasteiger partial charge in [0.15, 0.2) is 0 Å². The maximum atomic E-state index is 3.18. The average molecular weight is 412 g/mol. The van der Waals surface area contributed by atoms with E-state index in [1.54, 1.807) is 6.03 Å². The van der Waals surface area contributed by atoms with Crippen molar-refractivity contribution in [2.45, 2.75) is 10.6 Å². The Balaban J connectivity index is 2.50. The summed E-state index contributed by atoms with van der Waals surface area (Å²) in [7, 11) is 0. The molecule has 0 fully saturated rings. The Morgan fingerprint density at radius 1 is 1.30 bits per heavy atom. The van der Waals surface area contributed by atoms with Crippen LogP contribution in [0.1, 0.15) is 0 Å². The summed E-state index contributed by atoms with van der Waals surface area (Å²) in [5, 5.41) is 3.05. The van der Waals surface area contributed by atoms with Crippen LogP contribution in [-0.4, -0.2) is 60.0 Å². The molecule has 10 heavy (non-hydrogen) atoms. The molecule has 0 spiro atoms. The Hall–Kier alpha value is 1.91. The minimum atomic E-state index is 0.766. The Labute approximate surface area is 90.2 Å². The summed E-state index contributed by atoms with van der Waals surface area (Å²) in [5.41, 5.74) is 0. The molecule has 1 aliphatic rings. The molecule has 1 aromatic rings. The first-order valence-corrected chi connectivity index (χ1v) is 10.3. The first-order valence-electron chi connectivity index (χ1n) is 2.76. The molecule has 1 aromatic heterocycles. The van der Waals surface area contributed by atoms with Crippen molar-refractivity contribution in [2.24, 2.45) is 0 Å². The van der Waals surface area contributed by atoms with Crippen molar-refractivity contribution in [3.05, 3.63) is 2.25 Å². The number of rotatable bonds is 0. The molecule has 0 unspecified atom stereocenters. The Kier molecular flexibility index (Phi) is 3.19. The number of fused-ring (bicyclic) bond motifs is 1. The van der Waals surface area contributed by atoms with Crippen LogP contribution < -0.4 is 7.11 Å². The summed E-state index contributed by atoms with van der Waals surface area (Å²) in [5.74, 6) is 0. The van der Waals surface area contributed by atoms with Crippen LogP contribution in [0.4, 0.5) is 0 Å². The summed E-state index contributed by atoms with van der Waals surface area (Å²) in [6.45, 7) is 0. The Morgan fingerprint density at radius 2 is 2.10 bits per heavy atom. The van der Waals surface area contributed by atoms with E-state index in [0.717, 1.165) is 44.4 Å². The van der Waals surface area contributed by atoms with Crippen LogP contribution >= 0.6 is 11.3 Å². The van der Waals surface area contributed by atoms with Gasteiger partial charge in [-0.1, -0.05) is 0 Å². The fourth-order valence-corrected chi connectivity index (χ4v) is 18.6. The van der Waals surface area contributed by atoms with Gasteiger partial charge in [0.1, 0.15) is 0 Å². The van der Waals surface area contributed by atoms with E-state index in [2.05, 4.69) is 26.9 Å². The molecule has 0 nitrogen and oxygen atoms in total. The van der Waals surface area contributed by atoms with Gasteiger partial charge < -0.3 is 0 Å². The van der Waals surface area contributed by atoms with Gasteiger partial charge in [0.25, 0.3) is 0 Å². The summed E-state index contributed by atoms with van der Waals surface area (Å²) in [6.07, 6.45) is 0. The number of hydrogen-bond acceptors (Lipinski definition) is 1. The quantitative estimate of drug-likeness (QED) is 0.481. The Bertz CT molecular complexity index is 260. The third-order valence-electron chi connectivity index (χ3n) is 1.07. The molecule has 2 heterocycles. The van der Waals surface area contributed by atoms with Gasteiger partial charge in [-0.05, 0) is 0 Å². The summed E-state index contributed by atoms with van der Waals surface area (Å²) in [4.78, 5) is 0. The van der Waals surface area contributed by atoms with E-state index < -0.39 is 0 Å². The third kappa shape index (κ3) is 1.80. The van der Waals surface area contributed by atoms with Crippen LogP contribution in [-0.2, 0) is 0 Å². The van der Waals surface area contributed by atoms with Gasteiger partial charge in [-0.2, -0.15) is 0 Å². The molecule has 2 rings (SSSR count). The van der Waals surface area contributed by atoms with Crippen LogP contribution in [0.25, 0.3) is 0 Å². The molecule has 0 atom stereocenters. The second kappa shape index (κ2) is 3.75. The summed E-state index contributed by atoms with van der Waals surface area (Å²) >= 11 is 7.77. The molecule has 54 valence electrons. The van der Waals surface area contributed by atoms with Gasteiger partial charge in [0.05, 0.1) is 0 Å². The summed E-state index contributed by atoms with van der Waals surface area (Å²) in [6, 6.07) is 0. The fourth-order valence-electron chi connectivity index (χ4n) is 0.701. The average Bonchev–Trinajstić information content (AvgIpc) is 2.27. The van der Waals surface area contributed by atoms with E-state index in [1.807, 2.05) is 3.34 Å². The molecule has 0 aliphatic carbocycles. The fraction of sp³-hybridized carbons (Fsp3) is 0.400. The molecule has 0 N–H and O–H groups in total. The third-order valence-corrected chi connectivity index (χ3v) is 15.4. The maximum absolute atomic E-state index is 3.18. The van der Waals surface area contributed by atoms with Crippen LogP contribution in [0.3, 0.4) is 0 Å². The molecule has 0 saturated carbocycles. The van der Waals surface area contributed by atoms with Crippen LogP contribution in [0.2, 0.25) is 10.6 Å². The molecule has 0 amide bonds. The molecule has 0 saturated heterocycles. The standard InChI is InChI=1S/C5H4SSe4/c7-5-6-3-4(10-5)9-2-1-8-3/h1-2H2. The first-order chi connectivity index (χ1) is 4.86. The van der Waals surface area contributed by atoms with Gasteiger partial charge in [-0.3, -0.25) is 0 Å². The normalized spacial score (nSPS) is 16.8. The van der Waals surface area contributed by atoms with E-state index in [9.17, 15) is 0 Å². The molecule has 0 radical (unpaired) electrons. The SMILES string of the molecule is [Se]=c1sc2c([se]1)[Se]CC[Se]2. The zero-order chi connectivity index (χ0) is 6.97. The van der Waals surface area contributed by atoms with Gasteiger partial charge in [-0.15, -0.1) is 0 Å². The second-order valence-corrected chi connectivity index (χ2v) is 14.8. The van der Waals surface area contributed by atoms with Gasteiger partial charge in [0, 0.05) is 0 Å². The number of hydrogen-bond donors (Lipinski definition) is 0. The van der Waals surface area contributed by atoms with Crippen LogP contribution in [0.5, 0.6) is 0 Å². The molecule has 0 aromatic carbocycles. The second-order valence-electron chi connectivity index (χ2n) is 1.73. The van der Waals surface area contributed by atoms with E-state index in [4.69, 9.17) is 0 Å². The zero-order valence-electron chi connectivity index (χ0n) is 4.96. The van der Waals surface area contributed by atoms with Crippen LogP contribution in [0.15, 0.2) is 0 Å².